The third kappa shape index (κ3) is 4.51. The highest BCUT2D eigenvalue weighted by Gasteiger charge is 2.07. The minimum Gasteiger partial charge on any atom is -0.335 e. The van der Waals surface area contributed by atoms with Gasteiger partial charge in [-0.3, -0.25) is 4.79 Å². The van der Waals surface area contributed by atoms with Crippen molar-refractivity contribution < 1.29 is 9.59 Å². The molecule has 0 radical (unpaired) electrons. The van der Waals surface area contributed by atoms with Gasteiger partial charge in [0.2, 0.25) is 5.91 Å². The van der Waals surface area contributed by atoms with Crippen molar-refractivity contribution in [2.24, 2.45) is 0 Å². The zero-order chi connectivity index (χ0) is 9.56. The molecule has 1 amide bonds. The molecule has 0 rings (SSSR count). The molecule has 0 saturated heterocycles. The largest absolute Gasteiger partial charge is 0.335 e. The van der Waals surface area contributed by atoms with Crippen LogP contribution in [0.2, 0.25) is 0 Å². The Morgan fingerprint density at radius 1 is 1.42 bits per heavy atom. The summed E-state index contributed by atoms with van der Waals surface area (Å²) in [4.78, 5) is 23.1. The number of terminal acetylenes is 1. The molecule has 0 atom stereocenters. The lowest BCUT2D eigenvalue weighted by molar-refractivity contribution is -0.131. The summed E-state index contributed by atoms with van der Waals surface area (Å²) in [6.07, 6.45) is 5.57. The first-order valence-corrected chi connectivity index (χ1v) is 3.74. The Morgan fingerprint density at radius 3 is 2.42 bits per heavy atom. The zero-order valence-corrected chi connectivity index (χ0v) is 7.46. The van der Waals surface area contributed by atoms with Gasteiger partial charge in [-0.1, -0.05) is 5.92 Å². The van der Waals surface area contributed by atoms with E-state index in [4.69, 9.17) is 6.42 Å². The normalized spacial score (nSPS) is 8.75. The van der Waals surface area contributed by atoms with Gasteiger partial charge in [-0.05, 0) is 6.92 Å². The van der Waals surface area contributed by atoms with Crippen molar-refractivity contribution in [2.75, 3.05) is 13.6 Å². The number of carbonyl (C=O) groups is 2. The summed E-state index contributed by atoms with van der Waals surface area (Å²) in [5, 5.41) is 0. The van der Waals surface area contributed by atoms with Gasteiger partial charge in [0.05, 0.1) is 6.54 Å². The first-order chi connectivity index (χ1) is 5.57. The molecule has 12 heavy (non-hydrogen) atoms. The first kappa shape index (κ1) is 10.7. The van der Waals surface area contributed by atoms with Gasteiger partial charge in [0, 0.05) is 19.9 Å². The molecule has 0 unspecified atom stereocenters. The number of Topliss-reactive ketones (excluding diaryl/α,β-unsaturated/α-hetero) is 1. The van der Waals surface area contributed by atoms with E-state index >= 15 is 0 Å². The maximum atomic E-state index is 11.1. The SMILES string of the molecule is C#CCN(C)C(=O)CCC(C)=O. The van der Waals surface area contributed by atoms with Crippen LogP contribution < -0.4 is 0 Å². The molecule has 66 valence electrons. The Kier molecular flexibility index (Phi) is 4.78. The molecule has 0 bridgehead atoms. The number of amides is 1. The van der Waals surface area contributed by atoms with E-state index in [0.29, 0.717) is 13.0 Å². The van der Waals surface area contributed by atoms with Crippen molar-refractivity contribution in [3.05, 3.63) is 0 Å². The van der Waals surface area contributed by atoms with E-state index in [1.165, 1.54) is 11.8 Å². The Balaban J connectivity index is 3.73. The smallest absolute Gasteiger partial charge is 0.223 e. The quantitative estimate of drug-likeness (QED) is 0.570. The van der Waals surface area contributed by atoms with Crippen LogP contribution in [0.25, 0.3) is 0 Å². The van der Waals surface area contributed by atoms with Crippen LogP contribution in [0.1, 0.15) is 19.8 Å². The molecule has 0 aliphatic carbocycles. The monoisotopic (exact) mass is 167 g/mol. The van der Waals surface area contributed by atoms with E-state index in [1.54, 1.807) is 7.05 Å². The maximum Gasteiger partial charge on any atom is 0.223 e. The van der Waals surface area contributed by atoms with Gasteiger partial charge in [0.1, 0.15) is 5.78 Å². The van der Waals surface area contributed by atoms with E-state index in [2.05, 4.69) is 5.92 Å². The molecule has 0 aliphatic rings. The third-order valence-electron chi connectivity index (χ3n) is 1.45. The van der Waals surface area contributed by atoms with Gasteiger partial charge < -0.3 is 9.69 Å². The fourth-order valence-electron chi connectivity index (χ4n) is 0.699. The molecule has 0 spiro atoms. The van der Waals surface area contributed by atoms with Crippen molar-refractivity contribution in [1.29, 1.82) is 0 Å². The zero-order valence-electron chi connectivity index (χ0n) is 7.46. The highest BCUT2D eigenvalue weighted by atomic mass is 16.2. The van der Waals surface area contributed by atoms with Crippen molar-refractivity contribution >= 4 is 11.7 Å². The Bertz CT molecular complexity index is 215. The molecule has 0 aliphatic heterocycles. The summed E-state index contributed by atoms with van der Waals surface area (Å²) in [5.41, 5.74) is 0. The van der Waals surface area contributed by atoms with Crippen LogP contribution in [-0.2, 0) is 9.59 Å². The van der Waals surface area contributed by atoms with Crippen molar-refractivity contribution in [2.45, 2.75) is 19.8 Å². The Hall–Kier alpha value is -1.30. The van der Waals surface area contributed by atoms with E-state index in [1.807, 2.05) is 0 Å². The van der Waals surface area contributed by atoms with E-state index in [0.717, 1.165) is 0 Å². The molecule has 0 N–H and O–H groups in total. The average molecular weight is 167 g/mol. The topological polar surface area (TPSA) is 37.4 Å². The minimum atomic E-state index is -0.0804. The first-order valence-electron chi connectivity index (χ1n) is 3.74. The predicted octanol–water partition coefficient (Wildman–Crippen LogP) is 0.447. The second-order valence-electron chi connectivity index (χ2n) is 2.66. The lowest BCUT2D eigenvalue weighted by Gasteiger charge is -2.12. The lowest BCUT2D eigenvalue weighted by atomic mass is 10.2. The Labute approximate surface area is 72.7 Å². The average Bonchev–Trinajstić information content (AvgIpc) is 2.00. The number of rotatable bonds is 4. The molecular weight excluding hydrogens is 154 g/mol. The molecule has 0 aromatic rings. The number of carbonyl (C=O) groups excluding carboxylic acids is 2. The Morgan fingerprint density at radius 2 is 2.00 bits per heavy atom. The molecule has 0 saturated carbocycles. The summed E-state index contributed by atoms with van der Waals surface area (Å²) < 4.78 is 0. The molecule has 3 nitrogen and oxygen atoms in total. The molecule has 0 aromatic carbocycles. The maximum absolute atomic E-state index is 11.1. The summed E-state index contributed by atoms with van der Waals surface area (Å²) in [6.45, 7) is 1.77. The van der Waals surface area contributed by atoms with Crippen LogP contribution in [0.4, 0.5) is 0 Å². The molecule has 0 heterocycles. The van der Waals surface area contributed by atoms with E-state index in [-0.39, 0.29) is 18.1 Å². The highest BCUT2D eigenvalue weighted by molar-refractivity contribution is 5.83. The summed E-state index contributed by atoms with van der Waals surface area (Å²) in [6, 6.07) is 0. The second kappa shape index (κ2) is 5.36. The van der Waals surface area contributed by atoms with Crippen molar-refractivity contribution in [1.82, 2.24) is 4.90 Å². The van der Waals surface area contributed by atoms with Gasteiger partial charge in [0.15, 0.2) is 0 Å². The summed E-state index contributed by atoms with van der Waals surface area (Å²) >= 11 is 0. The van der Waals surface area contributed by atoms with Crippen LogP contribution in [0.15, 0.2) is 0 Å². The van der Waals surface area contributed by atoms with Crippen LogP contribution in [0.5, 0.6) is 0 Å². The molecular formula is C9H13NO2. The van der Waals surface area contributed by atoms with Gasteiger partial charge in [-0.15, -0.1) is 6.42 Å². The number of hydrogen-bond acceptors (Lipinski definition) is 2. The molecule has 3 heteroatoms. The predicted molar refractivity (Wildman–Crippen MR) is 46.4 cm³/mol. The van der Waals surface area contributed by atoms with Gasteiger partial charge >= 0.3 is 0 Å². The third-order valence-corrected chi connectivity index (χ3v) is 1.45. The van der Waals surface area contributed by atoms with Crippen molar-refractivity contribution in [3.63, 3.8) is 0 Å². The summed E-state index contributed by atoms with van der Waals surface area (Å²) in [5.74, 6) is 2.30. The van der Waals surface area contributed by atoms with Gasteiger partial charge in [-0.25, -0.2) is 0 Å². The van der Waals surface area contributed by atoms with Gasteiger partial charge in [0.25, 0.3) is 0 Å². The second-order valence-corrected chi connectivity index (χ2v) is 2.66. The van der Waals surface area contributed by atoms with Gasteiger partial charge in [-0.2, -0.15) is 0 Å². The molecule has 0 aromatic heterocycles. The minimum absolute atomic E-state index is 0.0254. The van der Waals surface area contributed by atoms with Crippen LogP contribution >= 0.6 is 0 Å². The lowest BCUT2D eigenvalue weighted by Crippen LogP contribution is -2.27. The number of nitrogens with zero attached hydrogens (tertiary/aromatic N) is 1. The standard InChI is InChI=1S/C9H13NO2/c1-4-7-10(3)9(12)6-5-8(2)11/h1H,5-7H2,2-3H3. The fourth-order valence-corrected chi connectivity index (χ4v) is 0.699. The highest BCUT2D eigenvalue weighted by Crippen LogP contribution is 1.95. The summed E-state index contributed by atoms with van der Waals surface area (Å²) in [7, 11) is 1.63. The molecule has 0 fully saturated rings. The fraction of sp³-hybridized carbons (Fsp3) is 0.556. The van der Waals surface area contributed by atoms with Crippen LogP contribution in [-0.4, -0.2) is 30.2 Å². The van der Waals surface area contributed by atoms with E-state index in [9.17, 15) is 9.59 Å². The van der Waals surface area contributed by atoms with Crippen molar-refractivity contribution in [3.8, 4) is 12.3 Å². The van der Waals surface area contributed by atoms with Crippen LogP contribution in [0, 0.1) is 12.3 Å². The number of hydrogen-bond donors (Lipinski definition) is 0. The van der Waals surface area contributed by atoms with Crippen LogP contribution in [0.3, 0.4) is 0 Å². The van der Waals surface area contributed by atoms with E-state index < -0.39 is 0 Å². The number of ketones is 1.